The van der Waals surface area contributed by atoms with Crippen molar-refractivity contribution in [3.05, 3.63) is 58.8 Å². The van der Waals surface area contributed by atoms with Gasteiger partial charge in [-0.25, -0.2) is 0 Å². The van der Waals surface area contributed by atoms with E-state index in [-0.39, 0.29) is 0 Å². The molecule has 2 aliphatic heterocycles. The third-order valence-corrected chi connectivity index (χ3v) is 5.63. The summed E-state index contributed by atoms with van der Waals surface area (Å²) in [4.78, 5) is 11.3. The molecule has 2 aromatic heterocycles. The van der Waals surface area contributed by atoms with E-state index in [0.717, 1.165) is 38.2 Å². The third kappa shape index (κ3) is 2.02. The molecule has 122 valence electrons. The van der Waals surface area contributed by atoms with E-state index in [1.807, 2.05) is 12.4 Å². The van der Waals surface area contributed by atoms with Crippen LogP contribution >= 0.6 is 0 Å². The minimum atomic E-state index is 0.423. The highest BCUT2D eigenvalue weighted by atomic mass is 15.1. The first-order chi connectivity index (χ1) is 11.7. The molecule has 4 heterocycles. The maximum Gasteiger partial charge on any atom is 0.0638 e. The van der Waals surface area contributed by atoms with Crippen molar-refractivity contribution in [1.29, 1.82) is 0 Å². The van der Waals surface area contributed by atoms with Crippen molar-refractivity contribution >= 4 is 10.9 Å². The van der Waals surface area contributed by atoms with Gasteiger partial charge in [-0.15, -0.1) is 0 Å². The Bertz CT molecular complexity index is 926. The average Bonchev–Trinajstić information content (AvgIpc) is 2.90. The molecule has 1 atom stereocenters. The van der Waals surface area contributed by atoms with E-state index in [2.05, 4.69) is 45.5 Å². The summed E-state index contributed by atoms with van der Waals surface area (Å²) in [6.45, 7) is 5.47. The quantitative estimate of drug-likeness (QED) is 0.691. The van der Waals surface area contributed by atoms with Gasteiger partial charge in [0.05, 0.1) is 11.2 Å². The van der Waals surface area contributed by atoms with Crippen molar-refractivity contribution in [3.63, 3.8) is 0 Å². The summed E-state index contributed by atoms with van der Waals surface area (Å²) in [5.74, 6) is 0.423. The molecule has 5 rings (SSSR count). The van der Waals surface area contributed by atoms with Crippen molar-refractivity contribution in [1.82, 2.24) is 19.4 Å². The molecule has 0 saturated carbocycles. The van der Waals surface area contributed by atoms with Crippen molar-refractivity contribution in [2.24, 2.45) is 0 Å². The molecule has 0 radical (unpaired) electrons. The predicted molar refractivity (Wildman–Crippen MR) is 95.2 cm³/mol. The fraction of sp³-hybridized carbons (Fsp3) is 0.400. The lowest BCUT2D eigenvalue weighted by molar-refractivity contribution is 0.308. The largest absolute Gasteiger partial charge is 0.343 e. The number of likely N-dealkylation sites (N-methyl/N-ethyl adjacent to an activating group) is 1. The predicted octanol–water partition coefficient (Wildman–Crippen LogP) is 3.07. The van der Waals surface area contributed by atoms with Gasteiger partial charge in [-0.05, 0) is 37.6 Å². The van der Waals surface area contributed by atoms with E-state index >= 15 is 0 Å². The van der Waals surface area contributed by atoms with Gasteiger partial charge in [-0.2, -0.15) is 0 Å². The summed E-state index contributed by atoms with van der Waals surface area (Å²) in [6.07, 6.45) is 7.72. The molecule has 0 bridgehead atoms. The van der Waals surface area contributed by atoms with Gasteiger partial charge in [0.2, 0.25) is 0 Å². The lowest BCUT2D eigenvalue weighted by Crippen LogP contribution is -2.28. The van der Waals surface area contributed by atoms with E-state index in [1.165, 1.54) is 22.0 Å². The van der Waals surface area contributed by atoms with Crippen LogP contribution < -0.4 is 0 Å². The summed E-state index contributed by atoms with van der Waals surface area (Å²) < 4.78 is 2.59. The SMILES string of the molecule is Cc1cc2c3c(c1)c1c(n3CC(c3cnccn3)C2)CCN(C)C1. The number of fused-ring (bicyclic) bond motifs is 3. The van der Waals surface area contributed by atoms with Crippen LogP contribution in [0.15, 0.2) is 30.7 Å². The van der Waals surface area contributed by atoms with Crippen LogP contribution in [0.2, 0.25) is 0 Å². The molecule has 0 N–H and O–H groups in total. The number of rotatable bonds is 1. The molecule has 1 unspecified atom stereocenters. The minimum Gasteiger partial charge on any atom is -0.343 e. The van der Waals surface area contributed by atoms with Crippen LogP contribution in [0.25, 0.3) is 10.9 Å². The van der Waals surface area contributed by atoms with Gasteiger partial charge in [-0.3, -0.25) is 9.97 Å². The first kappa shape index (κ1) is 14.2. The number of benzene rings is 1. The number of nitrogens with zero attached hydrogens (tertiary/aromatic N) is 4. The third-order valence-electron chi connectivity index (χ3n) is 5.63. The summed E-state index contributed by atoms with van der Waals surface area (Å²) in [5, 5.41) is 1.48. The highest BCUT2D eigenvalue weighted by Gasteiger charge is 2.30. The van der Waals surface area contributed by atoms with Crippen LogP contribution in [-0.4, -0.2) is 33.0 Å². The molecule has 4 heteroatoms. The first-order valence-corrected chi connectivity index (χ1v) is 8.78. The second-order valence-electron chi connectivity index (χ2n) is 7.38. The van der Waals surface area contributed by atoms with E-state index in [4.69, 9.17) is 0 Å². The summed E-state index contributed by atoms with van der Waals surface area (Å²) in [7, 11) is 2.23. The van der Waals surface area contributed by atoms with Gasteiger partial charge >= 0.3 is 0 Å². The Morgan fingerprint density at radius 1 is 1.21 bits per heavy atom. The smallest absolute Gasteiger partial charge is 0.0638 e. The van der Waals surface area contributed by atoms with Crippen molar-refractivity contribution in [3.8, 4) is 0 Å². The molecule has 0 fully saturated rings. The van der Waals surface area contributed by atoms with Gasteiger partial charge in [0, 0.05) is 61.6 Å². The molecule has 0 aliphatic carbocycles. The van der Waals surface area contributed by atoms with Crippen LogP contribution in [0.1, 0.15) is 34.0 Å². The van der Waals surface area contributed by atoms with Gasteiger partial charge in [0.15, 0.2) is 0 Å². The zero-order chi connectivity index (χ0) is 16.3. The van der Waals surface area contributed by atoms with Crippen LogP contribution in [0, 0.1) is 6.92 Å². The lowest BCUT2D eigenvalue weighted by Gasteiger charge is -2.28. The lowest BCUT2D eigenvalue weighted by atomic mass is 9.91. The Morgan fingerprint density at radius 3 is 2.96 bits per heavy atom. The zero-order valence-corrected chi connectivity index (χ0v) is 14.3. The fourth-order valence-electron chi connectivity index (χ4n) is 4.59. The maximum atomic E-state index is 4.59. The molecule has 2 aliphatic rings. The summed E-state index contributed by atoms with van der Waals surface area (Å²) >= 11 is 0. The van der Waals surface area contributed by atoms with Gasteiger partial charge < -0.3 is 9.47 Å². The molecule has 24 heavy (non-hydrogen) atoms. The van der Waals surface area contributed by atoms with E-state index < -0.39 is 0 Å². The van der Waals surface area contributed by atoms with Gasteiger partial charge in [0.1, 0.15) is 0 Å². The Labute approximate surface area is 142 Å². The minimum absolute atomic E-state index is 0.423. The first-order valence-electron chi connectivity index (χ1n) is 8.78. The summed E-state index contributed by atoms with van der Waals surface area (Å²) in [5.41, 5.74) is 8.52. The highest BCUT2D eigenvalue weighted by Crippen LogP contribution is 2.39. The Kier molecular flexibility index (Phi) is 3.04. The second-order valence-corrected chi connectivity index (χ2v) is 7.38. The Morgan fingerprint density at radius 2 is 2.12 bits per heavy atom. The van der Waals surface area contributed by atoms with Crippen molar-refractivity contribution < 1.29 is 0 Å². The van der Waals surface area contributed by atoms with E-state index in [1.54, 1.807) is 17.5 Å². The number of hydrogen-bond acceptors (Lipinski definition) is 3. The zero-order valence-electron chi connectivity index (χ0n) is 14.3. The molecule has 0 amide bonds. The van der Waals surface area contributed by atoms with Crippen molar-refractivity contribution in [2.45, 2.75) is 38.8 Å². The van der Waals surface area contributed by atoms with E-state index in [9.17, 15) is 0 Å². The molecule has 3 aromatic rings. The van der Waals surface area contributed by atoms with E-state index in [0.29, 0.717) is 5.92 Å². The van der Waals surface area contributed by atoms with Crippen molar-refractivity contribution in [2.75, 3.05) is 13.6 Å². The topological polar surface area (TPSA) is 34.0 Å². The summed E-state index contributed by atoms with van der Waals surface area (Å²) in [6, 6.07) is 4.76. The second kappa shape index (κ2) is 5.15. The monoisotopic (exact) mass is 318 g/mol. The van der Waals surface area contributed by atoms with Crippen LogP contribution in [0.5, 0.6) is 0 Å². The number of aryl methyl sites for hydroxylation is 1. The molecule has 0 saturated heterocycles. The fourth-order valence-corrected chi connectivity index (χ4v) is 4.59. The molecule has 0 spiro atoms. The molecular weight excluding hydrogens is 296 g/mol. The van der Waals surface area contributed by atoms with Crippen LogP contribution in [0.3, 0.4) is 0 Å². The number of aromatic nitrogens is 3. The average molecular weight is 318 g/mol. The maximum absolute atomic E-state index is 4.59. The molecule has 4 nitrogen and oxygen atoms in total. The van der Waals surface area contributed by atoms with Gasteiger partial charge in [0.25, 0.3) is 0 Å². The normalized spacial score (nSPS) is 20.3. The van der Waals surface area contributed by atoms with Crippen LogP contribution in [0.4, 0.5) is 0 Å². The standard InChI is InChI=1S/C20H22N4/c1-13-7-14-9-15(18-10-21-4-5-22-18)11-24-19-3-6-23(2)12-17(19)16(8-13)20(14)24/h4-5,7-8,10,15H,3,6,9,11-12H2,1-2H3. The van der Waals surface area contributed by atoms with Gasteiger partial charge in [-0.1, -0.05) is 11.6 Å². The molecule has 1 aromatic carbocycles. The van der Waals surface area contributed by atoms with Crippen LogP contribution in [-0.2, 0) is 25.9 Å². The Balaban J connectivity index is 1.72. The highest BCUT2D eigenvalue weighted by molar-refractivity contribution is 5.90. The number of hydrogen-bond donors (Lipinski definition) is 0. The molecular formula is C20H22N4. The Hall–Kier alpha value is -2.20.